The second kappa shape index (κ2) is 11.2. The molecule has 35 heavy (non-hydrogen) atoms. The van der Waals surface area contributed by atoms with Gasteiger partial charge in [0.15, 0.2) is 0 Å². The first-order chi connectivity index (χ1) is 17.1. The van der Waals surface area contributed by atoms with Crippen molar-refractivity contribution in [3.8, 4) is 0 Å². The molecule has 4 aliphatic rings. The molecule has 3 saturated heterocycles. The molecule has 0 radical (unpaired) electrons. The van der Waals surface area contributed by atoms with Crippen LogP contribution in [0.2, 0.25) is 0 Å². The highest BCUT2D eigenvalue weighted by atomic mass is 16.2. The number of piperazine rings is 2. The number of hydrogen-bond acceptors (Lipinski definition) is 6. The van der Waals surface area contributed by atoms with Gasteiger partial charge in [-0.2, -0.15) is 0 Å². The molecule has 5 rings (SSSR count). The minimum Gasteiger partial charge on any atom is -0.354 e. The van der Waals surface area contributed by atoms with Gasteiger partial charge in [-0.05, 0) is 50.7 Å². The zero-order chi connectivity index (χ0) is 24.2. The topological polar surface area (TPSA) is 63.2 Å². The van der Waals surface area contributed by atoms with Crippen LogP contribution in [0.4, 0.5) is 5.82 Å². The van der Waals surface area contributed by atoms with E-state index in [0.29, 0.717) is 18.2 Å². The molecular weight excluding hydrogens is 440 g/mol. The van der Waals surface area contributed by atoms with Crippen LogP contribution in [0.1, 0.15) is 62.2 Å². The largest absolute Gasteiger partial charge is 0.354 e. The number of carbonyl (C=O) groups is 2. The van der Waals surface area contributed by atoms with E-state index in [1.165, 1.54) is 25.7 Å². The quantitative estimate of drug-likeness (QED) is 0.620. The Morgan fingerprint density at radius 2 is 1.66 bits per heavy atom. The van der Waals surface area contributed by atoms with Crippen molar-refractivity contribution in [2.24, 2.45) is 0 Å². The number of pyridine rings is 1. The third kappa shape index (κ3) is 5.64. The summed E-state index contributed by atoms with van der Waals surface area (Å²) < 4.78 is 0. The van der Waals surface area contributed by atoms with Crippen LogP contribution in [0, 0.1) is 0 Å². The highest BCUT2D eigenvalue weighted by Crippen LogP contribution is 2.26. The minimum atomic E-state index is 0.118. The lowest BCUT2D eigenvalue weighted by Gasteiger charge is -2.43. The van der Waals surface area contributed by atoms with Crippen molar-refractivity contribution in [1.29, 1.82) is 0 Å². The van der Waals surface area contributed by atoms with Gasteiger partial charge in [0.1, 0.15) is 5.82 Å². The van der Waals surface area contributed by atoms with Crippen molar-refractivity contribution < 1.29 is 9.59 Å². The summed E-state index contributed by atoms with van der Waals surface area (Å²) in [6.07, 6.45) is 10.2. The summed E-state index contributed by atoms with van der Waals surface area (Å²) in [7, 11) is 0. The first-order valence-electron chi connectivity index (χ1n) is 13.9. The van der Waals surface area contributed by atoms with E-state index < -0.39 is 0 Å². The smallest absolute Gasteiger partial charge is 0.255 e. The molecule has 1 unspecified atom stereocenters. The van der Waals surface area contributed by atoms with Crippen LogP contribution in [-0.4, -0.2) is 114 Å². The molecule has 1 aliphatic carbocycles. The molecule has 2 amide bonds. The standard InChI is InChI=1S/C27H42N6O2/c1-2-23-6-3-4-11-33(23)27(35)22-9-10-25(28-20-22)31-14-12-29(13-15-31)21-26(34)32-18-16-30(17-19-32)24-7-5-8-24/h9-10,20,23-24H,2-8,11-19,21H2,1H3. The summed E-state index contributed by atoms with van der Waals surface area (Å²) in [4.78, 5) is 41.8. The fourth-order valence-corrected chi connectivity index (χ4v) is 6.07. The lowest BCUT2D eigenvalue weighted by molar-refractivity contribution is -0.134. The summed E-state index contributed by atoms with van der Waals surface area (Å²) in [5.74, 6) is 1.31. The van der Waals surface area contributed by atoms with Gasteiger partial charge in [0, 0.05) is 77.2 Å². The van der Waals surface area contributed by atoms with Gasteiger partial charge >= 0.3 is 0 Å². The van der Waals surface area contributed by atoms with Crippen LogP contribution in [0.15, 0.2) is 18.3 Å². The highest BCUT2D eigenvalue weighted by molar-refractivity contribution is 5.94. The van der Waals surface area contributed by atoms with Gasteiger partial charge in [0.05, 0.1) is 12.1 Å². The molecule has 4 heterocycles. The summed E-state index contributed by atoms with van der Waals surface area (Å²) >= 11 is 0. The van der Waals surface area contributed by atoms with Gasteiger partial charge < -0.3 is 14.7 Å². The van der Waals surface area contributed by atoms with Gasteiger partial charge in [-0.25, -0.2) is 4.98 Å². The third-order valence-electron chi connectivity index (χ3n) is 8.67. The van der Waals surface area contributed by atoms with Crippen molar-refractivity contribution in [3.63, 3.8) is 0 Å². The van der Waals surface area contributed by atoms with Gasteiger partial charge in [-0.15, -0.1) is 0 Å². The molecule has 0 aromatic carbocycles. The maximum absolute atomic E-state index is 13.0. The number of carbonyl (C=O) groups excluding carboxylic acids is 2. The van der Waals surface area contributed by atoms with Gasteiger partial charge in [0.2, 0.25) is 5.91 Å². The minimum absolute atomic E-state index is 0.118. The normalized spacial score (nSPS) is 24.9. The number of hydrogen-bond donors (Lipinski definition) is 0. The van der Waals surface area contributed by atoms with Crippen LogP contribution in [0.5, 0.6) is 0 Å². The first-order valence-corrected chi connectivity index (χ1v) is 13.9. The SMILES string of the molecule is CCC1CCCCN1C(=O)c1ccc(N2CCN(CC(=O)N3CCN(C4CCC4)CC3)CC2)nc1. The molecule has 1 atom stereocenters. The Morgan fingerprint density at radius 1 is 0.886 bits per heavy atom. The van der Waals surface area contributed by atoms with E-state index in [4.69, 9.17) is 0 Å². The number of anilines is 1. The van der Waals surface area contributed by atoms with E-state index in [0.717, 1.165) is 90.0 Å². The highest BCUT2D eigenvalue weighted by Gasteiger charge is 2.30. The van der Waals surface area contributed by atoms with Crippen molar-refractivity contribution in [2.45, 2.75) is 64.0 Å². The van der Waals surface area contributed by atoms with Crippen molar-refractivity contribution in [3.05, 3.63) is 23.9 Å². The molecule has 0 N–H and O–H groups in total. The average Bonchev–Trinajstić information content (AvgIpc) is 2.88. The molecular formula is C27H42N6O2. The summed E-state index contributed by atoms with van der Waals surface area (Å²) in [6.45, 7) is 10.8. The number of amides is 2. The predicted molar refractivity (Wildman–Crippen MR) is 138 cm³/mol. The third-order valence-corrected chi connectivity index (χ3v) is 8.67. The van der Waals surface area contributed by atoms with Gasteiger partial charge in [-0.1, -0.05) is 13.3 Å². The molecule has 4 fully saturated rings. The Morgan fingerprint density at radius 3 is 2.29 bits per heavy atom. The Balaban J connectivity index is 1.07. The van der Waals surface area contributed by atoms with Crippen molar-refractivity contribution in [1.82, 2.24) is 24.6 Å². The van der Waals surface area contributed by atoms with Crippen molar-refractivity contribution >= 4 is 17.6 Å². The van der Waals surface area contributed by atoms with Crippen LogP contribution in [-0.2, 0) is 4.79 Å². The summed E-state index contributed by atoms with van der Waals surface area (Å²) in [5, 5.41) is 0. The van der Waals surface area contributed by atoms with Crippen LogP contribution in [0.3, 0.4) is 0 Å². The molecule has 3 aliphatic heterocycles. The molecule has 0 bridgehead atoms. The zero-order valence-corrected chi connectivity index (χ0v) is 21.4. The monoisotopic (exact) mass is 482 g/mol. The van der Waals surface area contributed by atoms with Crippen LogP contribution >= 0.6 is 0 Å². The maximum Gasteiger partial charge on any atom is 0.255 e. The number of nitrogens with zero attached hydrogens (tertiary/aromatic N) is 6. The summed E-state index contributed by atoms with van der Waals surface area (Å²) in [6, 6.07) is 5.06. The molecule has 8 heteroatoms. The molecule has 8 nitrogen and oxygen atoms in total. The lowest BCUT2D eigenvalue weighted by Crippen LogP contribution is -2.56. The van der Waals surface area contributed by atoms with E-state index in [1.54, 1.807) is 6.20 Å². The second-order valence-corrected chi connectivity index (χ2v) is 10.7. The fraction of sp³-hybridized carbons (Fsp3) is 0.741. The van der Waals surface area contributed by atoms with Crippen LogP contribution < -0.4 is 4.90 Å². The van der Waals surface area contributed by atoms with E-state index >= 15 is 0 Å². The van der Waals surface area contributed by atoms with Gasteiger partial charge in [0.25, 0.3) is 5.91 Å². The van der Waals surface area contributed by atoms with Crippen LogP contribution in [0.25, 0.3) is 0 Å². The summed E-state index contributed by atoms with van der Waals surface area (Å²) in [5.41, 5.74) is 0.690. The average molecular weight is 483 g/mol. The Hall–Kier alpha value is -2.19. The van der Waals surface area contributed by atoms with E-state index in [1.807, 2.05) is 17.0 Å². The van der Waals surface area contributed by atoms with E-state index in [-0.39, 0.29) is 11.8 Å². The molecule has 192 valence electrons. The lowest BCUT2D eigenvalue weighted by atomic mass is 9.91. The zero-order valence-electron chi connectivity index (χ0n) is 21.4. The maximum atomic E-state index is 13.0. The number of likely N-dealkylation sites (tertiary alicyclic amines) is 1. The van der Waals surface area contributed by atoms with E-state index in [9.17, 15) is 9.59 Å². The molecule has 1 saturated carbocycles. The molecule has 0 spiro atoms. The van der Waals surface area contributed by atoms with Gasteiger partial charge in [-0.3, -0.25) is 19.4 Å². The van der Waals surface area contributed by atoms with Crippen molar-refractivity contribution in [2.75, 3.05) is 70.3 Å². The number of piperidine rings is 1. The second-order valence-electron chi connectivity index (χ2n) is 10.7. The fourth-order valence-electron chi connectivity index (χ4n) is 6.07. The first kappa shape index (κ1) is 24.5. The Bertz CT molecular complexity index is 857. The number of aromatic nitrogens is 1. The molecule has 1 aromatic rings. The number of rotatable bonds is 6. The Kier molecular flexibility index (Phi) is 7.88. The Labute approximate surface area is 210 Å². The van der Waals surface area contributed by atoms with E-state index in [2.05, 4.69) is 31.5 Å². The predicted octanol–water partition coefficient (Wildman–Crippen LogP) is 2.31. The molecule has 1 aromatic heterocycles.